The van der Waals surface area contributed by atoms with E-state index in [1.165, 1.54) is 8.35 Å². The molecule has 0 fully saturated rings. The molecule has 0 aliphatic carbocycles. The van der Waals surface area contributed by atoms with E-state index in [1.807, 2.05) is 12.4 Å². The Morgan fingerprint density at radius 3 is 3.62 bits per heavy atom. The van der Waals surface area contributed by atoms with Crippen molar-refractivity contribution in [3.63, 3.8) is 0 Å². The van der Waals surface area contributed by atoms with Gasteiger partial charge in [-0.05, 0) is 0 Å². The molecule has 2 nitrogen and oxygen atoms in total. The van der Waals surface area contributed by atoms with Crippen LogP contribution in [0, 0.1) is 0 Å². The summed E-state index contributed by atoms with van der Waals surface area (Å²) < 4.78 is 2.09. The maximum absolute atomic E-state index is 4.08. The first-order valence-corrected chi connectivity index (χ1v) is 3.99. The maximum atomic E-state index is 4.08. The molecule has 0 saturated heterocycles. The van der Waals surface area contributed by atoms with E-state index in [2.05, 4.69) is 14.3 Å². The van der Waals surface area contributed by atoms with Gasteiger partial charge in [0.05, 0.1) is 0 Å². The molecular formula is C4H3N2PS. The van der Waals surface area contributed by atoms with Crippen molar-refractivity contribution in [2.75, 3.05) is 0 Å². The molecule has 0 aliphatic heterocycles. The molecule has 0 radical (unpaired) electrons. The molecule has 0 atom stereocenters. The van der Waals surface area contributed by atoms with E-state index in [1.54, 1.807) is 11.3 Å². The molecule has 0 aliphatic rings. The van der Waals surface area contributed by atoms with Crippen molar-refractivity contribution in [2.24, 2.45) is 0 Å². The van der Waals surface area contributed by atoms with Gasteiger partial charge in [0.1, 0.15) is 0 Å². The summed E-state index contributed by atoms with van der Waals surface area (Å²) in [6.07, 6.45) is 3.80. The van der Waals surface area contributed by atoms with Crippen LogP contribution in [0.2, 0.25) is 0 Å². The summed E-state index contributed by atoms with van der Waals surface area (Å²) in [6.45, 7) is 0. The fourth-order valence-corrected chi connectivity index (χ4v) is 2.41. The Balaban J connectivity index is 3.06. The Kier molecular flexibility index (Phi) is 0.861. The van der Waals surface area contributed by atoms with Crippen molar-refractivity contribution >= 4 is 24.6 Å². The second-order valence-corrected chi connectivity index (χ2v) is 3.50. The Morgan fingerprint density at radius 1 is 1.75 bits per heavy atom. The lowest BCUT2D eigenvalue weighted by molar-refractivity contribution is 1.40. The number of fused-ring (bicyclic) bond motifs is 1. The van der Waals surface area contributed by atoms with Gasteiger partial charge >= 0.3 is 0 Å². The zero-order valence-electron chi connectivity index (χ0n) is 3.98. The van der Waals surface area contributed by atoms with Crippen LogP contribution in [0.5, 0.6) is 0 Å². The Hall–Kier alpha value is -0.400. The molecule has 0 N–H and O–H groups in total. The van der Waals surface area contributed by atoms with Gasteiger partial charge in [0.25, 0.3) is 0 Å². The standard InChI is InChI=1S/C4H3N2PS/c1-2-6-4(5-1)8-3-7-6/h1-3H. The van der Waals surface area contributed by atoms with Crippen molar-refractivity contribution in [3.05, 3.63) is 17.5 Å². The third kappa shape index (κ3) is 0.487. The van der Waals surface area contributed by atoms with Gasteiger partial charge in [-0.25, -0.2) is 4.98 Å². The summed E-state index contributed by atoms with van der Waals surface area (Å²) in [7, 11) is 1.23. The minimum Gasteiger partial charge on any atom is -0.273 e. The minimum atomic E-state index is 1.10. The molecule has 40 valence electrons. The van der Waals surface area contributed by atoms with Crippen LogP contribution >= 0.6 is 19.7 Å². The summed E-state index contributed by atoms with van der Waals surface area (Å²) in [4.78, 5) is 5.19. The van der Waals surface area contributed by atoms with Crippen LogP contribution in [0.25, 0.3) is 4.96 Å². The van der Waals surface area contributed by atoms with Crippen molar-refractivity contribution in [3.8, 4) is 0 Å². The highest BCUT2D eigenvalue weighted by atomic mass is 32.1. The molecule has 0 amide bonds. The largest absolute Gasteiger partial charge is 0.273 e. The van der Waals surface area contributed by atoms with E-state index >= 15 is 0 Å². The number of aromatic nitrogens is 2. The number of imidazole rings is 1. The van der Waals surface area contributed by atoms with E-state index in [0.717, 1.165) is 4.96 Å². The summed E-state index contributed by atoms with van der Waals surface area (Å²) in [6, 6.07) is 0. The van der Waals surface area contributed by atoms with Gasteiger partial charge in [-0.2, -0.15) is 0 Å². The Bertz CT molecular complexity index is 235. The quantitative estimate of drug-likeness (QED) is 0.549. The van der Waals surface area contributed by atoms with Crippen LogP contribution < -0.4 is 0 Å². The van der Waals surface area contributed by atoms with Gasteiger partial charge < -0.3 is 0 Å². The molecule has 0 unspecified atom stereocenters. The predicted molar refractivity (Wildman–Crippen MR) is 35.6 cm³/mol. The summed E-state index contributed by atoms with van der Waals surface area (Å²) >= 11 is 1.69. The summed E-state index contributed by atoms with van der Waals surface area (Å²) in [5.41, 5.74) is 0. The van der Waals surface area contributed by atoms with Crippen molar-refractivity contribution in [1.29, 1.82) is 0 Å². The summed E-state index contributed by atoms with van der Waals surface area (Å²) in [5, 5.41) is 2.11. The van der Waals surface area contributed by atoms with Gasteiger partial charge in [0.15, 0.2) is 4.96 Å². The van der Waals surface area contributed by atoms with Crippen LogP contribution in [0.3, 0.4) is 0 Å². The van der Waals surface area contributed by atoms with E-state index in [4.69, 9.17) is 0 Å². The van der Waals surface area contributed by atoms with Gasteiger partial charge in [-0.1, -0.05) is 11.3 Å². The molecular weight excluding hydrogens is 139 g/mol. The lowest BCUT2D eigenvalue weighted by Crippen LogP contribution is -1.60. The lowest BCUT2D eigenvalue weighted by Gasteiger charge is -1.70. The molecule has 2 aromatic heterocycles. The fourth-order valence-electron chi connectivity index (χ4n) is 0.577. The van der Waals surface area contributed by atoms with Gasteiger partial charge in [-0.15, -0.1) is 0 Å². The molecule has 8 heavy (non-hydrogen) atoms. The third-order valence-electron chi connectivity index (χ3n) is 0.918. The second kappa shape index (κ2) is 1.54. The first-order chi connectivity index (χ1) is 3.97. The van der Waals surface area contributed by atoms with E-state index in [9.17, 15) is 0 Å². The van der Waals surface area contributed by atoms with Gasteiger partial charge in [0, 0.05) is 25.9 Å². The maximum Gasteiger partial charge on any atom is 0.197 e. The number of rotatable bonds is 0. The van der Waals surface area contributed by atoms with Gasteiger partial charge in [-0.3, -0.25) is 4.16 Å². The number of hydrogen-bond acceptors (Lipinski definition) is 2. The minimum absolute atomic E-state index is 1.10. The molecule has 4 heteroatoms. The van der Waals surface area contributed by atoms with E-state index in [0.29, 0.717) is 0 Å². The number of nitrogens with zero attached hydrogens (tertiary/aromatic N) is 2. The Labute approximate surface area is 52.0 Å². The monoisotopic (exact) mass is 142 g/mol. The molecule has 0 saturated carbocycles. The first kappa shape index (κ1) is 4.48. The number of hydrogen-bond donors (Lipinski definition) is 0. The first-order valence-electron chi connectivity index (χ1n) is 2.19. The van der Waals surface area contributed by atoms with Crippen LogP contribution in [0.15, 0.2) is 17.5 Å². The van der Waals surface area contributed by atoms with Gasteiger partial charge in [0.2, 0.25) is 0 Å². The van der Waals surface area contributed by atoms with E-state index in [-0.39, 0.29) is 0 Å². The highest BCUT2D eigenvalue weighted by molar-refractivity contribution is 7.38. The SMILES string of the molecule is c1cn2pcsc2n1. The van der Waals surface area contributed by atoms with Crippen LogP contribution in [-0.2, 0) is 0 Å². The zero-order valence-corrected chi connectivity index (χ0v) is 5.69. The molecule has 0 bridgehead atoms. The lowest BCUT2D eigenvalue weighted by atomic mass is 11.0. The van der Waals surface area contributed by atoms with Crippen LogP contribution in [0.4, 0.5) is 0 Å². The topological polar surface area (TPSA) is 17.3 Å². The molecule has 2 aromatic rings. The average Bonchev–Trinajstić information content (AvgIpc) is 2.15. The summed E-state index contributed by atoms with van der Waals surface area (Å²) in [5.74, 6) is 0. The molecule has 2 rings (SSSR count). The highest BCUT2D eigenvalue weighted by Crippen LogP contribution is 2.16. The second-order valence-electron chi connectivity index (χ2n) is 1.39. The van der Waals surface area contributed by atoms with Crippen molar-refractivity contribution in [2.45, 2.75) is 0 Å². The molecule has 0 aromatic carbocycles. The third-order valence-corrected chi connectivity index (χ3v) is 2.94. The highest BCUT2D eigenvalue weighted by Gasteiger charge is 1.89. The predicted octanol–water partition coefficient (Wildman–Crippen LogP) is 1.98. The van der Waals surface area contributed by atoms with Crippen LogP contribution in [-0.4, -0.2) is 9.15 Å². The van der Waals surface area contributed by atoms with Crippen molar-refractivity contribution in [1.82, 2.24) is 9.15 Å². The molecule has 0 spiro atoms. The van der Waals surface area contributed by atoms with E-state index < -0.39 is 0 Å². The van der Waals surface area contributed by atoms with Crippen LogP contribution in [0.1, 0.15) is 0 Å². The normalized spacial score (nSPS) is 11.5. The molecule has 2 heterocycles. The zero-order chi connectivity index (χ0) is 5.40. The van der Waals surface area contributed by atoms with Crippen molar-refractivity contribution < 1.29 is 0 Å². The fraction of sp³-hybridized carbons (Fsp3) is 0. The smallest absolute Gasteiger partial charge is 0.197 e. The average molecular weight is 142 g/mol. The Morgan fingerprint density at radius 2 is 2.75 bits per heavy atom.